The van der Waals surface area contributed by atoms with E-state index in [0.717, 1.165) is 37.3 Å². The van der Waals surface area contributed by atoms with Crippen molar-refractivity contribution in [3.8, 4) is 0 Å². The molecule has 0 fully saturated rings. The predicted molar refractivity (Wildman–Crippen MR) is 149 cm³/mol. The van der Waals surface area contributed by atoms with Crippen LogP contribution in [-0.2, 0) is 11.3 Å². The molecule has 3 N–H and O–H groups in total. The number of benzene rings is 2. The Balaban J connectivity index is 1.79. The van der Waals surface area contributed by atoms with Gasteiger partial charge in [-0.1, -0.05) is 20.3 Å². The van der Waals surface area contributed by atoms with Gasteiger partial charge in [-0.15, -0.1) is 0 Å². The van der Waals surface area contributed by atoms with Crippen LogP contribution >= 0.6 is 0 Å². The third-order valence-corrected chi connectivity index (χ3v) is 5.74. The maximum atomic E-state index is 13.1. The van der Waals surface area contributed by atoms with Crippen LogP contribution < -0.4 is 20.9 Å². The number of urea groups is 1. The maximum Gasteiger partial charge on any atom is 0.338 e. The summed E-state index contributed by atoms with van der Waals surface area (Å²) in [4.78, 5) is 39.8. The van der Waals surface area contributed by atoms with E-state index in [0.29, 0.717) is 35.6 Å². The van der Waals surface area contributed by atoms with E-state index in [4.69, 9.17) is 9.15 Å². The van der Waals surface area contributed by atoms with E-state index in [9.17, 15) is 14.4 Å². The van der Waals surface area contributed by atoms with Crippen LogP contribution in [0.4, 0.5) is 21.9 Å². The SMILES string of the molecule is CCCCN(Cc1ccco1)c1ccc(NC(=O)Nc2ccc(C(=O)OCC)cc2)cc1C(=O)NCCC. The zero-order valence-electron chi connectivity index (χ0n) is 22.2. The molecule has 202 valence electrons. The lowest BCUT2D eigenvalue weighted by molar-refractivity contribution is 0.0526. The molecule has 2 aromatic carbocycles. The lowest BCUT2D eigenvalue weighted by Gasteiger charge is -2.26. The highest BCUT2D eigenvalue weighted by atomic mass is 16.5. The minimum absolute atomic E-state index is 0.207. The normalized spacial score (nSPS) is 10.5. The Labute approximate surface area is 223 Å². The number of nitrogens with zero attached hydrogens (tertiary/aromatic N) is 1. The molecule has 1 heterocycles. The Morgan fingerprint density at radius 3 is 2.32 bits per heavy atom. The van der Waals surface area contributed by atoms with Gasteiger partial charge in [-0.05, 0) is 74.4 Å². The molecule has 0 bridgehead atoms. The fraction of sp³-hybridized carbons (Fsp3) is 0.345. The minimum Gasteiger partial charge on any atom is -0.467 e. The number of esters is 1. The van der Waals surface area contributed by atoms with E-state index in [2.05, 4.69) is 27.8 Å². The van der Waals surface area contributed by atoms with Gasteiger partial charge in [0.1, 0.15) is 5.76 Å². The molecular formula is C29H36N4O5. The lowest BCUT2D eigenvalue weighted by atomic mass is 10.1. The first-order valence-electron chi connectivity index (χ1n) is 13.0. The second kappa shape index (κ2) is 14.5. The standard InChI is InChI=1S/C29H36N4O5/c1-4-7-17-33(20-24-9-8-18-38-24)26-15-14-23(19-25(26)27(34)30-16-5-2)32-29(36)31-22-12-10-21(11-13-22)28(35)37-6-3/h8-15,18-19H,4-7,16-17,20H2,1-3H3,(H,30,34)(H2,31,32,36). The highest BCUT2D eigenvalue weighted by Crippen LogP contribution is 2.27. The number of rotatable bonds is 13. The van der Waals surface area contributed by atoms with E-state index in [-0.39, 0.29) is 12.5 Å². The third-order valence-electron chi connectivity index (χ3n) is 5.74. The number of furan rings is 1. The van der Waals surface area contributed by atoms with Crippen LogP contribution in [0.1, 0.15) is 66.5 Å². The molecule has 0 unspecified atom stereocenters. The fourth-order valence-corrected chi connectivity index (χ4v) is 3.83. The number of ether oxygens (including phenoxy) is 1. The molecule has 0 spiro atoms. The van der Waals surface area contributed by atoms with Gasteiger partial charge in [0, 0.05) is 24.5 Å². The van der Waals surface area contributed by atoms with Gasteiger partial charge in [0.2, 0.25) is 0 Å². The van der Waals surface area contributed by atoms with Crippen LogP contribution in [0.15, 0.2) is 65.3 Å². The number of hydrogen-bond acceptors (Lipinski definition) is 6. The van der Waals surface area contributed by atoms with Crippen LogP contribution in [0.5, 0.6) is 0 Å². The highest BCUT2D eigenvalue weighted by Gasteiger charge is 2.19. The molecule has 9 heteroatoms. The van der Waals surface area contributed by atoms with Gasteiger partial charge in [0.05, 0.1) is 36.2 Å². The van der Waals surface area contributed by atoms with Crippen LogP contribution in [0.2, 0.25) is 0 Å². The third kappa shape index (κ3) is 8.12. The van der Waals surface area contributed by atoms with E-state index < -0.39 is 12.0 Å². The fourth-order valence-electron chi connectivity index (χ4n) is 3.83. The molecular weight excluding hydrogens is 484 g/mol. The van der Waals surface area contributed by atoms with Crippen molar-refractivity contribution in [2.75, 3.05) is 35.2 Å². The first-order valence-corrected chi connectivity index (χ1v) is 13.0. The molecule has 0 saturated heterocycles. The largest absolute Gasteiger partial charge is 0.467 e. The van der Waals surface area contributed by atoms with Crippen LogP contribution in [-0.4, -0.2) is 37.6 Å². The number of carbonyl (C=O) groups is 3. The first kappa shape index (κ1) is 28.3. The molecule has 38 heavy (non-hydrogen) atoms. The number of amides is 3. The average molecular weight is 521 g/mol. The second-order valence-corrected chi connectivity index (χ2v) is 8.72. The zero-order valence-corrected chi connectivity index (χ0v) is 22.2. The van der Waals surface area contributed by atoms with Crippen molar-refractivity contribution in [2.45, 2.75) is 46.6 Å². The Bertz CT molecular complexity index is 1190. The summed E-state index contributed by atoms with van der Waals surface area (Å²) in [5.74, 6) is 0.176. The monoisotopic (exact) mass is 520 g/mol. The van der Waals surface area contributed by atoms with Crippen LogP contribution in [0, 0.1) is 0 Å². The van der Waals surface area contributed by atoms with E-state index in [1.54, 1.807) is 49.6 Å². The summed E-state index contributed by atoms with van der Waals surface area (Å²) in [5.41, 5.74) is 2.63. The van der Waals surface area contributed by atoms with Crippen molar-refractivity contribution in [3.63, 3.8) is 0 Å². The smallest absolute Gasteiger partial charge is 0.338 e. The molecule has 1 aromatic heterocycles. The molecule has 3 aromatic rings. The minimum atomic E-state index is -0.472. The Kier molecular flexibility index (Phi) is 10.8. The van der Waals surface area contributed by atoms with Crippen molar-refractivity contribution < 1.29 is 23.5 Å². The molecule has 3 amide bonds. The number of hydrogen-bond donors (Lipinski definition) is 3. The van der Waals surface area contributed by atoms with Crippen molar-refractivity contribution in [1.29, 1.82) is 0 Å². The van der Waals surface area contributed by atoms with Gasteiger partial charge in [-0.2, -0.15) is 0 Å². The molecule has 0 radical (unpaired) electrons. The summed E-state index contributed by atoms with van der Waals surface area (Å²) < 4.78 is 10.5. The Morgan fingerprint density at radius 2 is 1.66 bits per heavy atom. The van der Waals surface area contributed by atoms with Gasteiger partial charge in [0.15, 0.2) is 0 Å². The quantitative estimate of drug-likeness (QED) is 0.237. The van der Waals surface area contributed by atoms with Crippen molar-refractivity contribution >= 4 is 35.0 Å². The summed E-state index contributed by atoms with van der Waals surface area (Å²) >= 11 is 0. The Hall–Kier alpha value is -4.27. The summed E-state index contributed by atoms with van der Waals surface area (Å²) in [5, 5.41) is 8.48. The summed E-state index contributed by atoms with van der Waals surface area (Å²) in [6, 6.07) is 15.0. The number of unbranched alkanes of at least 4 members (excludes halogenated alkanes) is 1. The Morgan fingerprint density at radius 1 is 0.921 bits per heavy atom. The predicted octanol–water partition coefficient (Wildman–Crippen LogP) is 6.05. The molecule has 3 rings (SSSR count). The molecule has 0 aliphatic carbocycles. The lowest BCUT2D eigenvalue weighted by Crippen LogP contribution is -2.30. The highest BCUT2D eigenvalue weighted by molar-refractivity contribution is 6.04. The van der Waals surface area contributed by atoms with Gasteiger partial charge in [-0.3, -0.25) is 4.79 Å². The van der Waals surface area contributed by atoms with E-state index in [1.807, 2.05) is 25.1 Å². The number of nitrogens with one attached hydrogen (secondary N) is 3. The average Bonchev–Trinajstić information content (AvgIpc) is 3.43. The van der Waals surface area contributed by atoms with E-state index >= 15 is 0 Å². The van der Waals surface area contributed by atoms with Gasteiger partial charge >= 0.3 is 12.0 Å². The number of anilines is 3. The summed E-state index contributed by atoms with van der Waals surface area (Å²) in [7, 11) is 0. The van der Waals surface area contributed by atoms with Crippen molar-refractivity contribution in [1.82, 2.24) is 5.32 Å². The van der Waals surface area contributed by atoms with Gasteiger partial charge in [-0.25, -0.2) is 9.59 Å². The molecule has 0 aliphatic rings. The number of carbonyl (C=O) groups excluding carboxylic acids is 3. The first-order chi connectivity index (χ1) is 18.4. The van der Waals surface area contributed by atoms with Crippen LogP contribution in [0.3, 0.4) is 0 Å². The van der Waals surface area contributed by atoms with Gasteiger partial charge in [0.25, 0.3) is 5.91 Å². The van der Waals surface area contributed by atoms with Crippen molar-refractivity contribution in [3.05, 3.63) is 77.7 Å². The van der Waals surface area contributed by atoms with Gasteiger partial charge < -0.3 is 30.0 Å². The zero-order chi connectivity index (χ0) is 27.3. The topological polar surface area (TPSA) is 113 Å². The second-order valence-electron chi connectivity index (χ2n) is 8.72. The molecule has 9 nitrogen and oxygen atoms in total. The maximum absolute atomic E-state index is 13.1. The van der Waals surface area contributed by atoms with Crippen LogP contribution in [0.25, 0.3) is 0 Å². The molecule has 0 saturated carbocycles. The molecule has 0 aliphatic heterocycles. The summed E-state index contributed by atoms with van der Waals surface area (Å²) in [6.45, 7) is 7.97. The summed E-state index contributed by atoms with van der Waals surface area (Å²) in [6.07, 6.45) is 4.40. The van der Waals surface area contributed by atoms with E-state index in [1.165, 1.54) is 0 Å². The molecule has 0 atom stereocenters. The van der Waals surface area contributed by atoms with Crippen molar-refractivity contribution in [2.24, 2.45) is 0 Å².